The number of hydrogen-bond donors (Lipinski definition) is 1. The number of rotatable bonds is 3. The molecule has 2 fully saturated rings. The maximum Gasteiger partial charge on any atom is 0.251 e. The molecule has 0 aromatic heterocycles. The van der Waals surface area contributed by atoms with E-state index in [2.05, 4.69) is 26.1 Å². The van der Waals surface area contributed by atoms with Crippen molar-refractivity contribution >= 4 is 33.4 Å². The number of amides is 1. The minimum atomic E-state index is -0.0977. The van der Waals surface area contributed by atoms with Gasteiger partial charge in [0.15, 0.2) is 0 Å². The van der Waals surface area contributed by atoms with Crippen LogP contribution in [0.1, 0.15) is 23.2 Å². The van der Waals surface area contributed by atoms with Crippen LogP contribution in [0.25, 0.3) is 0 Å². The second-order valence-electron chi connectivity index (χ2n) is 5.59. The molecule has 1 aromatic carbocycles. The Morgan fingerprint density at radius 2 is 2.38 bits per heavy atom. The molecule has 0 bridgehead atoms. The fourth-order valence-electron chi connectivity index (χ4n) is 2.96. The van der Waals surface area contributed by atoms with Crippen molar-refractivity contribution in [3.05, 3.63) is 33.3 Å². The van der Waals surface area contributed by atoms with Crippen LogP contribution in [0, 0.1) is 0 Å². The quantitative estimate of drug-likeness (QED) is 0.886. The lowest BCUT2D eigenvalue weighted by molar-refractivity contribution is -0.0461. The van der Waals surface area contributed by atoms with Gasteiger partial charge in [-0.3, -0.25) is 9.69 Å². The summed E-state index contributed by atoms with van der Waals surface area (Å²) in [6.07, 6.45) is 2.57. The number of benzene rings is 1. The van der Waals surface area contributed by atoms with Gasteiger partial charge in [0.2, 0.25) is 0 Å². The van der Waals surface area contributed by atoms with E-state index in [1.807, 2.05) is 0 Å². The van der Waals surface area contributed by atoms with E-state index in [4.69, 9.17) is 16.3 Å². The molecular weight excluding hydrogens is 356 g/mol. The van der Waals surface area contributed by atoms with Gasteiger partial charge in [0.05, 0.1) is 17.7 Å². The van der Waals surface area contributed by atoms with Crippen molar-refractivity contribution in [3.8, 4) is 0 Å². The number of ether oxygens (including phenoxy) is 1. The molecule has 2 heterocycles. The molecule has 0 spiro atoms. The largest absolute Gasteiger partial charge is 0.373 e. The summed E-state index contributed by atoms with van der Waals surface area (Å²) in [6, 6.07) is 5.76. The first kappa shape index (κ1) is 15.3. The molecule has 1 amide bonds. The zero-order valence-corrected chi connectivity index (χ0v) is 14.0. The van der Waals surface area contributed by atoms with Crippen molar-refractivity contribution < 1.29 is 9.53 Å². The smallest absolute Gasteiger partial charge is 0.251 e. The van der Waals surface area contributed by atoms with E-state index in [1.54, 1.807) is 18.2 Å². The molecule has 114 valence electrons. The maximum atomic E-state index is 12.1. The minimum Gasteiger partial charge on any atom is -0.373 e. The number of halogens is 2. The van der Waals surface area contributed by atoms with Crippen LogP contribution in [0.5, 0.6) is 0 Å². The van der Waals surface area contributed by atoms with Crippen LogP contribution < -0.4 is 5.32 Å². The first-order valence-electron chi connectivity index (χ1n) is 7.22. The summed E-state index contributed by atoms with van der Waals surface area (Å²) >= 11 is 9.26. The average molecular weight is 374 g/mol. The van der Waals surface area contributed by atoms with Crippen molar-refractivity contribution in [2.75, 3.05) is 26.2 Å². The van der Waals surface area contributed by atoms with Crippen molar-refractivity contribution in [2.24, 2.45) is 0 Å². The molecule has 0 aliphatic carbocycles. The van der Waals surface area contributed by atoms with Crippen molar-refractivity contribution in [1.82, 2.24) is 10.2 Å². The van der Waals surface area contributed by atoms with E-state index in [1.165, 1.54) is 12.8 Å². The summed E-state index contributed by atoms with van der Waals surface area (Å²) < 4.78 is 6.56. The highest BCUT2D eigenvalue weighted by atomic mass is 79.9. The standard InChI is InChI=1S/C15H18BrClN2O2/c16-13-6-10(3-4-14(13)17)15(20)18-7-12-8-19-5-1-2-11(19)9-21-12/h3-4,6,11-12H,1-2,5,7-9H2,(H,18,20). The van der Waals surface area contributed by atoms with Gasteiger partial charge in [0, 0.05) is 29.2 Å². The zero-order chi connectivity index (χ0) is 14.8. The van der Waals surface area contributed by atoms with Crippen molar-refractivity contribution in [1.29, 1.82) is 0 Å². The van der Waals surface area contributed by atoms with Gasteiger partial charge in [-0.2, -0.15) is 0 Å². The topological polar surface area (TPSA) is 41.6 Å². The second-order valence-corrected chi connectivity index (χ2v) is 6.85. The number of morpholine rings is 1. The molecule has 2 atom stereocenters. The number of fused-ring (bicyclic) bond motifs is 1. The Labute approximate surface area is 137 Å². The van der Waals surface area contributed by atoms with E-state index in [0.717, 1.165) is 24.2 Å². The Hall–Kier alpha value is -0.620. The van der Waals surface area contributed by atoms with Gasteiger partial charge in [-0.05, 0) is 53.5 Å². The van der Waals surface area contributed by atoms with Crippen molar-refractivity contribution in [2.45, 2.75) is 25.0 Å². The van der Waals surface area contributed by atoms with Gasteiger partial charge in [-0.15, -0.1) is 0 Å². The van der Waals surface area contributed by atoms with Gasteiger partial charge in [0.25, 0.3) is 5.91 Å². The number of carbonyl (C=O) groups is 1. The number of nitrogens with zero attached hydrogens (tertiary/aromatic N) is 1. The Bertz CT molecular complexity index is 540. The monoisotopic (exact) mass is 372 g/mol. The van der Waals surface area contributed by atoms with E-state index in [9.17, 15) is 4.79 Å². The average Bonchev–Trinajstić information content (AvgIpc) is 2.95. The number of hydrogen-bond acceptors (Lipinski definition) is 3. The second kappa shape index (κ2) is 6.65. The Morgan fingerprint density at radius 3 is 3.19 bits per heavy atom. The lowest BCUT2D eigenvalue weighted by Crippen LogP contribution is -2.50. The molecule has 21 heavy (non-hydrogen) atoms. The third-order valence-corrected chi connectivity index (χ3v) is 5.35. The molecule has 4 nitrogen and oxygen atoms in total. The highest BCUT2D eigenvalue weighted by molar-refractivity contribution is 9.10. The molecule has 1 aromatic rings. The third-order valence-electron chi connectivity index (χ3n) is 4.13. The fraction of sp³-hybridized carbons (Fsp3) is 0.533. The summed E-state index contributed by atoms with van der Waals surface area (Å²) in [4.78, 5) is 14.6. The van der Waals surface area contributed by atoms with Gasteiger partial charge < -0.3 is 10.1 Å². The first-order valence-corrected chi connectivity index (χ1v) is 8.39. The normalized spacial score (nSPS) is 25.6. The Morgan fingerprint density at radius 1 is 1.52 bits per heavy atom. The van der Waals surface area contributed by atoms with E-state index >= 15 is 0 Å². The lowest BCUT2D eigenvalue weighted by Gasteiger charge is -2.35. The highest BCUT2D eigenvalue weighted by Gasteiger charge is 2.32. The summed E-state index contributed by atoms with van der Waals surface area (Å²) in [6.45, 7) is 3.40. The molecule has 1 N–H and O–H groups in total. The Kier molecular flexibility index (Phi) is 4.84. The van der Waals surface area contributed by atoms with E-state index in [-0.39, 0.29) is 12.0 Å². The van der Waals surface area contributed by atoms with Gasteiger partial charge >= 0.3 is 0 Å². The van der Waals surface area contributed by atoms with Gasteiger partial charge in [0.1, 0.15) is 0 Å². The molecule has 0 radical (unpaired) electrons. The van der Waals surface area contributed by atoms with Crippen LogP contribution in [-0.2, 0) is 4.74 Å². The molecule has 2 aliphatic rings. The molecule has 2 saturated heterocycles. The van der Waals surface area contributed by atoms with Crippen molar-refractivity contribution in [3.63, 3.8) is 0 Å². The summed E-state index contributed by atoms with van der Waals surface area (Å²) in [5.41, 5.74) is 0.598. The van der Waals surface area contributed by atoms with Crippen LogP contribution in [0.15, 0.2) is 22.7 Å². The van der Waals surface area contributed by atoms with E-state index < -0.39 is 0 Å². The molecular formula is C15H18BrClN2O2. The maximum absolute atomic E-state index is 12.1. The molecule has 0 saturated carbocycles. The third kappa shape index (κ3) is 3.59. The summed E-state index contributed by atoms with van der Waals surface area (Å²) in [5, 5.41) is 3.54. The van der Waals surface area contributed by atoms with Gasteiger partial charge in [-0.1, -0.05) is 11.6 Å². The number of nitrogens with one attached hydrogen (secondary N) is 1. The van der Waals surface area contributed by atoms with Crippen LogP contribution in [0.2, 0.25) is 5.02 Å². The lowest BCUT2D eigenvalue weighted by atomic mass is 10.1. The molecule has 2 aliphatic heterocycles. The number of carbonyl (C=O) groups excluding carboxylic acids is 1. The van der Waals surface area contributed by atoms with Crippen LogP contribution >= 0.6 is 27.5 Å². The van der Waals surface area contributed by atoms with Crippen LogP contribution in [0.3, 0.4) is 0 Å². The zero-order valence-electron chi connectivity index (χ0n) is 11.6. The highest BCUT2D eigenvalue weighted by Crippen LogP contribution is 2.24. The molecule has 6 heteroatoms. The van der Waals surface area contributed by atoms with Crippen LogP contribution in [0.4, 0.5) is 0 Å². The Balaban J connectivity index is 1.52. The fourth-order valence-corrected chi connectivity index (χ4v) is 3.45. The predicted octanol–water partition coefficient (Wildman–Crippen LogP) is 2.70. The van der Waals surface area contributed by atoms with Crippen LogP contribution in [-0.4, -0.2) is 49.2 Å². The summed E-state index contributed by atoms with van der Waals surface area (Å²) in [7, 11) is 0. The summed E-state index contributed by atoms with van der Waals surface area (Å²) in [5.74, 6) is -0.0977. The van der Waals surface area contributed by atoms with Gasteiger partial charge in [-0.25, -0.2) is 0 Å². The molecule has 2 unspecified atom stereocenters. The minimum absolute atomic E-state index is 0.0824. The first-order chi connectivity index (χ1) is 10.1. The van der Waals surface area contributed by atoms with E-state index in [0.29, 0.717) is 23.2 Å². The molecule has 3 rings (SSSR count). The predicted molar refractivity (Wildman–Crippen MR) is 85.8 cm³/mol. The SMILES string of the molecule is O=C(NCC1CN2CCCC2CO1)c1ccc(Cl)c(Br)c1.